The molecule has 4 aromatic carbocycles. The van der Waals surface area contributed by atoms with Gasteiger partial charge in [-0.1, -0.05) is 205 Å². The largest absolute Gasteiger partial charge is 0.493 e. The van der Waals surface area contributed by atoms with E-state index in [-0.39, 0.29) is 21.7 Å². The Morgan fingerprint density at radius 2 is 0.635 bits per heavy atom. The van der Waals surface area contributed by atoms with Gasteiger partial charge in [-0.15, -0.1) is 0 Å². The van der Waals surface area contributed by atoms with Gasteiger partial charge in [-0.25, -0.2) is 0 Å². The first-order chi connectivity index (χ1) is 35.1. The third-order valence-corrected chi connectivity index (χ3v) is 18.8. The van der Waals surface area contributed by atoms with Gasteiger partial charge in [-0.05, 0) is 114 Å². The second-order valence-corrected chi connectivity index (χ2v) is 29.6. The van der Waals surface area contributed by atoms with E-state index in [1.807, 2.05) is 47.0 Å². The molecule has 1 aliphatic carbocycles. The van der Waals surface area contributed by atoms with Crippen LogP contribution in [0, 0.1) is 0 Å². The van der Waals surface area contributed by atoms with Crippen LogP contribution in [0.25, 0.3) is 0 Å². The fraction of sp³-hybridized carbons (Fsp3) is 0.594. The molecule has 404 valence electrons. The molecule has 3 aliphatic rings. The molecule has 7 rings (SSSR count). The van der Waals surface area contributed by atoms with Crippen molar-refractivity contribution in [2.45, 2.75) is 183 Å². The molecule has 10 heteroatoms. The summed E-state index contributed by atoms with van der Waals surface area (Å²) in [5.74, 6) is 8.14. The molecule has 0 saturated carbocycles. The maximum atomic E-state index is 7.27. The Morgan fingerprint density at radius 3 is 0.838 bits per heavy atom. The summed E-state index contributed by atoms with van der Waals surface area (Å²) >= 11 is 7.52. The van der Waals surface area contributed by atoms with Crippen LogP contribution in [0.5, 0.6) is 23.0 Å². The average Bonchev–Trinajstić information content (AvgIpc) is 4.05. The Kier molecular flexibility index (Phi) is 20.5. The number of fused-ring (bicyclic) bond motifs is 8. The lowest BCUT2D eigenvalue weighted by Crippen LogP contribution is -2.18. The molecule has 0 N–H and O–H groups in total. The third-order valence-electron chi connectivity index (χ3n) is 14.1. The molecule has 0 spiro atoms. The van der Waals surface area contributed by atoms with Crippen molar-refractivity contribution in [2.24, 2.45) is 9.98 Å². The fourth-order valence-corrected chi connectivity index (χ4v) is 13.6. The number of aliphatic imine (C=N–C) groups is 2. The summed E-state index contributed by atoms with van der Waals surface area (Å²) in [7, 11) is 0. The van der Waals surface area contributed by atoms with Crippen molar-refractivity contribution in [3.63, 3.8) is 0 Å². The van der Waals surface area contributed by atoms with E-state index in [1.165, 1.54) is 75.5 Å². The van der Waals surface area contributed by atoms with E-state index >= 15 is 0 Å². The van der Waals surface area contributed by atoms with Crippen LogP contribution in [-0.4, -0.2) is 71.3 Å². The Bertz CT molecular complexity index is 2330. The molecule has 74 heavy (non-hydrogen) atoms. The second-order valence-electron chi connectivity index (χ2n) is 24.7. The van der Waals surface area contributed by atoms with Crippen LogP contribution >= 0.6 is 47.0 Å². The van der Waals surface area contributed by atoms with E-state index in [0.717, 1.165) is 97.6 Å². The number of benzene rings is 4. The molecule has 2 heterocycles. The third kappa shape index (κ3) is 16.0. The highest BCUT2D eigenvalue weighted by atomic mass is 32.2. The van der Waals surface area contributed by atoms with Crippen molar-refractivity contribution in [1.29, 1.82) is 0 Å². The number of unbranched alkanes of at least 4 members (excludes halogenated alkanes) is 2. The average molecular weight is 1080 g/mol. The van der Waals surface area contributed by atoms with Crippen LogP contribution in [0.3, 0.4) is 0 Å². The van der Waals surface area contributed by atoms with Gasteiger partial charge in [0.05, 0.1) is 39.5 Å². The maximum Gasteiger partial charge on any atom is 0.126 e. The molecule has 0 atom stereocenters. The van der Waals surface area contributed by atoms with Gasteiger partial charge in [0.15, 0.2) is 0 Å². The van der Waals surface area contributed by atoms with Crippen LogP contribution in [0.2, 0.25) is 0 Å². The van der Waals surface area contributed by atoms with Gasteiger partial charge < -0.3 is 18.9 Å². The van der Waals surface area contributed by atoms with E-state index in [1.54, 1.807) is 0 Å². The molecule has 0 fully saturated rings. The summed E-state index contributed by atoms with van der Waals surface area (Å²) in [5.41, 5.74) is 14.5. The summed E-state index contributed by atoms with van der Waals surface area (Å²) in [6.07, 6.45) is 8.66. The van der Waals surface area contributed by atoms with Gasteiger partial charge in [0.2, 0.25) is 0 Å². The minimum atomic E-state index is -0.109. The fourth-order valence-electron chi connectivity index (χ4n) is 9.59. The Hall–Kier alpha value is -3.18. The minimum Gasteiger partial charge on any atom is -0.493 e. The van der Waals surface area contributed by atoms with E-state index in [4.69, 9.17) is 28.9 Å². The van der Waals surface area contributed by atoms with Crippen LogP contribution in [0.15, 0.2) is 58.5 Å². The first-order valence-electron chi connectivity index (χ1n) is 27.9. The van der Waals surface area contributed by atoms with Gasteiger partial charge in [-0.3, -0.25) is 9.98 Å². The highest BCUT2D eigenvalue weighted by Gasteiger charge is 2.30. The van der Waals surface area contributed by atoms with Crippen molar-refractivity contribution in [3.05, 3.63) is 115 Å². The zero-order valence-electron chi connectivity index (χ0n) is 47.9. The Labute approximate surface area is 465 Å². The molecule has 0 radical (unpaired) electrons. The van der Waals surface area contributed by atoms with Gasteiger partial charge in [-0.2, -0.15) is 0 Å². The quantitative estimate of drug-likeness (QED) is 0.0805. The highest BCUT2D eigenvalue weighted by molar-refractivity contribution is 8.39. The molecule has 6 nitrogen and oxygen atoms in total. The van der Waals surface area contributed by atoms with Crippen LogP contribution in [0.4, 0.5) is 0 Å². The molecule has 4 aromatic rings. The smallest absolute Gasteiger partial charge is 0.126 e. The lowest BCUT2D eigenvalue weighted by atomic mass is 9.79. The predicted molar refractivity (Wildman–Crippen MR) is 327 cm³/mol. The molecular formula is C64H90N2O4S4. The lowest BCUT2D eigenvalue weighted by Gasteiger charge is -2.29. The Morgan fingerprint density at radius 1 is 0.392 bits per heavy atom. The number of nitrogens with zero attached hydrogens (tertiary/aromatic N) is 2. The number of thioether (sulfide) groups is 4. The van der Waals surface area contributed by atoms with Gasteiger partial charge in [0, 0.05) is 48.7 Å². The number of ether oxygens (including phenoxy) is 4. The summed E-state index contributed by atoms with van der Waals surface area (Å²) < 4.78 is 31.3. The molecule has 0 aromatic heterocycles. The normalized spacial score (nSPS) is 15.3. The highest BCUT2D eigenvalue weighted by Crippen LogP contribution is 2.45. The summed E-state index contributed by atoms with van der Waals surface area (Å²) in [6, 6.07) is 19.6. The topological polar surface area (TPSA) is 61.6 Å². The van der Waals surface area contributed by atoms with Crippen LogP contribution in [0.1, 0.15) is 202 Å². The first-order valence-corrected chi connectivity index (χ1v) is 31.8. The molecule has 0 saturated heterocycles. The maximum absolute atomic E-state index is 7.27. The van der Waals surface area contributed by atoms with Crippen LogP contribution < -0.4 is 18.9 Å². The number of hydrogen-bond donors (Lipinski definition) is 0. The standard InChI is InChI=1S/C64H90N2O4S4/c1-15-17-23-67-55-43-31-47-39-53(63(9,10)11)41-49(57(47)69-25-19-27-71-59-65-21-29-73-59)33-45-37-52(62(6,7)8)38-46(56(45)68-24-18-16-2)34-50-42-54(64(12,13)14)40-48(32-44(55)36-51(35-43)61(3,4)5)58(50)70-26-20-28-72-60-66-22-30-74-60/h35-42H,15-34H2,1-14H3. The summed E-state index contributed by atoms with van der Waals surface area (Å²) in [4.78, 5) is 9.46. The monoisotopic (exact) mass is 1080 g/mol. The molecule has 0 unspecified atom stereocenters. The van der Waals surface area contributed by atoms with Crippen molar-refractivity contribution in [1.82, 2.24) is 0 Å². The molecule has 8 bridgehead atoms. The van der Waals surface area contributed by atoms with Crippen molar-refractivity contribution in [3.8, 4) is 23.0 Å². The van der Waals surface area contributed by atoms with Gasteiger partial charge >= 0.3 is 0 Å². The van der Waals surface area contributed by atoms with Crippen molar-refractivity contribution < 1.29 is 18.9 Å². The predicted octanol–water partition coefficient (Wildman–Crippen LogP) is 17.1. The van der Waals surface area contributed by atoms with Crippen LogP contribution in [-0.2, 0) is 47.3 Å². The molecular weight excluding hydrogens is 989 g/mol. The number of rotatable bonds is 18. The summed E-state index contributed by atoms with van der Waals surface area (Å²) in [6.45, 7) is 37.1. The SMILES string of the molecule is CCCCOc1c2cc(C(C)(C)C)cc1Cc1cc(C(C)(C)C)cc(c1OCCCSC1=NCCS1)Cc1cc(C(C)(C)C)cc(c1OCCCC)Cc1cc(C(C)(C)C)cc(c1OCCCSC1=NCCS1)C2. The first kappa shape index (κ1) is 58.5. The van der Waals surface area contributed by atoms with Crippen molar-refractivity contribution >= 4 is 55.8 Å². The Balaban J connectivity index is 1.51. The molecule has 2 aliphatic heterocycles. The lowest BCUT2D eigenvalue weighted by molar-refractivity contribution is 0.300. The second kappa shape index (κ2) is 26.0. The van der Waals surface area contributed by atoms with Crippen molar-refractivity contribution in [2.75, 3.05) is 62.5 Å². The van der Waals surface area contributed by atoms with Gasteiger partial charge in [0.25, 0.3) is 0 Å². The van der Waals surface area contributed by atoms with E-state index in [0.29, 0.717) is 52.1 Å². The van der Waals surface area contributed by atoms with E-state index in [2.05, 4.69) is 145 Å². The molecule has 0 amide bonds. The zero-order valence-corrected chi connectivity index (χ0v) is 51.2. The minimum absolute atomic E-state index is 0.108. The zero-order chi connectivity index (χ0) is 53.3. The van der Waals surface area contributed by atoms with Gasteiger partial charge in [0.1, 0.15) is 31.7 Å². The van der Waals surface area contributed by atoms with E-state index < -0.39 is 0 Å². The summed E-state index contributed by atoms with van der Waals surface area (Å²) in [5, 5.41) is 0. The number of hydrogen-bond acceptors (Lipinski definition) is 10. The van der Waals surface area contributed by atoms with E-state index in [9.17, 15) is 0 Å².